The summed E-state index contributed by atoms with van der Waals surface area (Å²) in [5.41, 5.74) is 1.33. The van der Waals surface area contributed by atoms with Crippen molar-refractivity contribution in [2.24, 2.45) is 11.8 Å². The van der Waals surface area contributed by atoms with Crippen molar-refractivity contribution in [2.75, 3.05) is 7.11 Å². The van der Waals surface area contributed by atoms with E-state index in [-0.39, 0.29) is 18.1 Å². The van der Waals surface area contributed by atoms with E-state index in [1.54, 1.807) is 7.11 Å². The first kappa shape index (κ1) is 10.7. The predicted molar refractivity (Wildman–Crippen MR) is 53.5 cm³/mol. The van der Waals surface area contributed by atoms with Gasteiger partial charge in [-0.1, -0.05) is 25.5 Å². The van der Waals surface area contributed by atoms with Crippen molar-refractivity contribution in [3.8, 4) is 0 Å². The van der Waals surface area contributed by atoms with Crippen LogP contribution in [0.5, 0.6) is 0 Å². The number of hydrogen-bond acceptors (Lipinski definition) is 2. The number of aliphatic hydroxyl groups excluding tert-OH is 1. The first-order valence-corrected chi connectivity index (χ1v) is 4.95. The molecule has 2 nitrogen and oxygen atoms in total. The first-order chi connectivity index (χ1) is 6.07. The van der Waals surface area contributed by atoms with E-state index in [1.165, 1.54) is 5.57 Å². The fourth-order valence-corrected chi connectivity index (χ4v) is 2.06. The van der Waals surface area contributed by atoms with Gasteiger partial charge in [0, 0.05) is 18.9 Å². The Morgan fingerprint density at radius 3 is 2.62 bits per heavy atom. The van der Waals surface area contributed by atoms with Crippen LogP contribution in [0.4, 0.5) is 0 Å². The van der Waals surface area contributed by atoms with Crippen LogP contribution in [0.1, 0.15) is 27.2 Å². The molecule has 0 bridgehead atoms. The Kier molecular flexibility index (Phi) is 3.51. The second kappa shape index (κ2) is 4.25. The number of aliphatic hydroxyl groups is 1. The van der Waals surface area contributed by atoms with Crippen molar-refractivity contribution in [1.29, 1.82) is 0 Å². The maximum atomic E-state index is 9.77. The molecule has 0 aromatic rings. The molecule has 13 heavy (non-hydrogen) atoms. The van der Waals surface area contributed by atoms with Crippen LogP contribution in [0.3, 0.4) is 0 Å². The summed E-state index contributed by atoms with van der Waals surface area (Å²) < 4.78 is 5.44. The number of ether oxygens (including phenoxy) is 1. The molecule has 0 saturated carbocycles. The van der Waals surface area contributed by atoms with E-state index >= 15 is 0 Å². The third-order valence-electron chi connectivity index (χ3n) is 3.29. The lowest BCUT2D eigenvalue weighted by atomic mass is 9.88. The highest BCUT2D eigenvalue weighted by atomic mass is 16.5. The van der Waals surface area contributed by atoms with Gasteiger partial charge in [-0.05, 0) is 13.3 Å². The Balaban J connectivity index is 2.84. The summed E-state index contributed by atoms with van der Waals surface area (Å²) in [5.74, 6) is 0.630. The van der Waals surface area contributed by atoms with Gasteiger partial charge in [0.25, 0.3) is 0 Å². The molecule has 0 heterocycles. The van der Waals surface area contributed by atoms with Crippen molar-refractivity contribution in [3.05, 3.63) is 11.6 Å². The van der Waals surface area contributed by atoms with Crippen molar-refractivity contribution < 1.29 is 9.84 Å². The number of rotatable bonds is 1. The summed E-state index contributed by atoms with van der Waals surface area (Å²) in [6, 6.07) is 0. The van der Waals surface area contributed by atoms with E-state index in [1.807, 2.05) is 0 Å². The molecule has 76 valence electrons. The minimum atomic E-state index is -0.259. The van der Waals surface area contributed by atoms with Crippen LogP contribution in [0, 0.1) is 11.8 Å². The van der Waals surface area contributed by atoms with Gasteiger partial charge in [-0.25, -0.2) is 0 Å². The van der Waals surface area contributed by atoms with Crippen LogP contribution < -0.4 is 0 Å². The summed E-state index contributed by atoms with van der Waals surface area (Å²) in [4.78, 5) is 0. The molecule has 0 amide bonds. The highest BCUT2D eigenvalue weighted by Crippen LogP contribution is 2.29. The molecule has 0 aliphatic heterocycles. The molecule has 0 fully saturated rings. The molecule has 0 radical (unpaired) electrons. The molecule has 0 aromatic carbocycles. The highest BCUT2D eigenvalue weighted by Gasteiger charge is 2.31. The molecule has 4 atom stereocenters. The fourth-order valence-electron chi connectivity index (χ4n) is 2.06. The average Bonchev–Trinajstić information content (AvgIpc) is 2.20. The SMILES string of the molecule is CO[C@H]1[C@@H](C)[C@H](O)CC=C(C)[C@H]1C. The van der Waals surface area contributed by atoms with E-state index < -0.39 is 0 Å². The fraction of sp³-hybridized carbons (Fsp3) is 0.818. The molecule has 1 aliphatic rings. The maximum Gasteiger partial charge on any atom is 0.0684 e. The van der Waals surface area contributed by atoms with Crippen LogP contribution in [-0.2, 0) is 4.74 Å². The summed E-state index contributed by atoms with van der Waals surface area (Å²) in [6.07, 6.45) is 2.78. The summed E-state index contributed by atoms with van der Waals surface area (Å²) >= 11 is 0. The quantitative estimate of drug-likeness (QED) is 0.631. The van der Waals surface area contributed by atoms with E-state index in [2.05, 4.69) is 26.8 Å². The number of hydrogen-bond donors (Lipinski definition) is 1. The van der Waals surface area contributed by atoms with Crippen LogP contribution in [-0.4, -0.2) is 24.4 Å². The zero-order valence-electron chi connectivity index (χ0n) is 8.95. The van der Waals surface area contributed by atoms with E-state index in [0.29, 0.717) is 5.92 Å². The predicted octanol–water partition coefficient (Wildman–Crippen LogP) is 1.98. The number of methoxy groups -OCH3 is 1. The van der Waals surface area contributed by atoms with Crippen LogP contribution in [0.2, 0.25) is 0 Å². The smallest absolute Gasteiger partial charge is 0.0684 e. The van der Waals surface area contributed by atoms with Gasteiger partial charge in [-0.15, -0.1) is 0 Å². The van der Waals surface area contributed by atoms with Gasteiger partial charge in [0.05, 0.1) is 12.2 Å². The molecule has 1 N–H and O–H groups in total. The normalized spacial score (nSPS) is 41.2. The second-order valence-corrected chi connectivity index (χ2v) is 4.10. The average molecular weight is 184 g/mol. The summed E-state index contributed by atoms with van der Waals surface area (Å²) in [5, 5.41) is 9.77. The van der Waals surface area contributed by atoms with Crippen LogP contribution in [0.25, 0.3) is 0 Å². The Morgan fingerprint density at radius 2 is 2.08 bits per heavy atom. The lowest BCUT2D eigenvalue weighted by molar-refractivity contribution is -0.0204. The minimum Gasteiger partial charge on any atom is -0.392 e. The van der Waals surface area contributed by atoms with Gasteiger partial charge in [0.2, 0.25) is 0 Å². The maximum absolute atomic E-state index is 9.77. The van der Waals surface area contributed by atoms with Crippen molar-refractivity contribution in [3.63, 3.8) is 0 Å². The monoisotopic (exact) mass is 184 g/mol. The largest absolute Gasteiger partial charge is 0.392 e. The third-order valence-corrected chi connectivity index (χ3v) is 3.29. The zero-order valence-corrected chi connectivity index (χ0v) is 8.95. The van der Waals surface area contributed by atoms with Gasteiger partial charge in [0.15, 0.2) is 0 Å². The molecule has 0 aromatic heterocycles. The lowest BCUT2D eigenvalue weighted by Gasteiger charge is -2.28. The van der Waals surface area contributed by atoms with E-state index in [4.69, 9.17) is 4.74 Å². The molecule has 0 saturated heterocycles. The summed E-state index contributed by atoms with van der Waals surface area (Å²) in [7, 11) is 1.73. The molecular formula is C11H20O2. The Bertz CT molecular complexity index is 198. The Labute approximate surface area is 80.6 Å². The van der Waals surface area contributed by atoms with E-state index in [0.717, 1.165) is 6.42 Å². The van der Waals surface area contributed by atoms with Gasteiger partial charge >= 0.3 is 0 Å². The van der Waals surface area contributed by atoms with Crippen molar-refractivity contribution in [2.45, 2.75) is 39.4 Å². The first-order valence-electron chi connectivity index (χ1n) is 4.95. The van der Waals surface area contributed by atoms with Crippen LogP contribution >= 0.6 is 0 Å². The Morgan fingerprint density at radius 1 is 1.46 bits per heavy atom. The Hall–Kier alpha value is -0.340. The minimum absolute atomic E-state index is 0.147. The highest BCUT2D eigenvalue weighted by molar-refractivity contribution is 5.09. The standard InChI is InChI=1S/C11H20O2/c1-7-5-6-10(12)9(3)11(13-4)8(7)2/h5,8-12H,6H2,1-4H3/t8-,9+,10-,11-/m1/s1. The molecular weight excluding hydrogens is 164 g/mol. The molecule has 1 rings (SSSR count). The van der Waals surface area contributed by atoms with Crippen molar-refractivity contribution >= 4 is 0 Å². The van der Waals surface area contributed by atoms with Gasteiger partial charge in [-0.2, -0.15) is 0 Å². The molecule has 2 heteroatoms. The van der Waals surface area contributed by atoms with Crippen LogP contribution in [0.15, 0.2) is 11.6 Å². The van der Waals surface area contributed by atoms with Gasteiger partial charge in [0.1, 0.15) is 0 Å². The second-order valence-electron chi connectivity index (χ2n) is 4.10. The van der Waals surface area contributed by atoms with Crippen molar-refractivity contribution in [1.82, 2.24) is 0 Å². The van der Waals surface area contributed by atoms with Gasteiger partial charge in [-0.3, -0.25) is 0 Å². The molecule has 1 aliphatic carbocycles. The molecule has 0 spiro atoms. The zero-order chi connectivity index (χ0) is 10.0. The van der Waals surface area contributed by atoms with E-state index in [9.17, 15) is 5.11 Å². The lowest BCUT2D eigenvalue weighted by Crippen LogP contribution is -2.34. The van der Waals surface area contributed by atoms with Gasteiger partial charge < -0.3 is 9.84 Å². The summed E-state index contributed by atoms with van der Waals surface area (Å²) in [6.45, 7) is 6.33. The third kappa shape index (κ3) is 2.12. The topological polar surface area (TPSA) is 29.5 Å². The molecule has 0 unspecified atom stereocenters.